The molecule has 4 nitrogen and oxygen atoms in total. The molecule has 2 N–H and O–H groups in total. The molecule has 1 aliphatic carbocycles. The molecule has 0 aromatic heterocycles. The average molecular weight is 334 g/mol. The molecular formula is C15H18F4N2O2. The molecule has 1 aliphatic rings. The fraction of sp³-hybridized carbons (Fsp3) is 0.533. The van der Waals surface area contributed by atoms with Crippen LogP contribution in [0.4, 0.5) is 17.6 Å². The lowest BCUT2D eigenvalue weighted by Gasteiger charge is -2.20. The van der Waals surface area contributed by atoms with Gasteiger partial charge in [0.25, 0.3) is 0 Å². The second-order valence-corrected chi connectivity index (χ2v) is 5.50. The van der Waals surface area contributed by atoms with Crippen LogP contribution in [-0.2, 0) is 17.5 Å². The van der Waals surface area contributed by atoms with E-state index in [1.807, 2.05) is 0 Å². The van der Waals surface area contributed by atoms with Crippen LogP contribution in [-0.4, -0.2) is 41.7 Å². The van der Waals surface area contributed by atoms with Crippen molar-refractivity contribution in [3.8, 4) is 0 Å². The lowest BCUT2D eigenvalue weighted by Crippen LogP contribution is -2.39. The number of nitrogens with one attached hydrogen (secondary N) is 1. The van der Waals surface area contributed by atoms with Crippen molar-refractivity contribution in [3.05, 3.63) is 35.1 Å². The summed E-state index contributed by atoms with van der Waals surface area (Å²) in [5.41, 5.74) is -1.28. The topological polar surface area (TPSA) is 52.6 Å². The molecule has 0 spiro atoms. The van der Waals surface area contributed by atoms with E-state index in [0.717, 1.165) is 25.0 Å². The summed E-state index contributed by atoms with van der Waals surface area (Å²) < 4.78 is 51.6. The summed E-state index contributed by atoms with van der Waals surface area (Å²) in [6.07, 6.45) is -2.79. The van der Waals surface area contributed by atoms with Gasteiger partial charge < -0.3 is 10.4 Å². The predicted octanol–water partition coefficient (Wildman–Crippen LogP) is 1.92. The molecule has 1 fully saturated rings. The number of amides is 1. The van der Waals surface area contributed by atoms with Gasteiger partial charge in [0.2, 0.25) is 5.91 Å². The molecule has 0 unspecified atom stereocenters. The lowest BCUT2D eigenvalue weighted by molar-refractivity contribution is -0.138. The van der Waals surface area contributed by atoms with Crippen LogP contribution < -0.4 is 5.32 Å². The maximum absolute atomic E-state index is 13.0. The van der Waals surface area contributed by atoms with Crippen molar-refractivity contribution in [2.45, 2.75) is 31.6 Å². The van der Waals surface area contributed by atoms with E-state index in [2.05, 4.69) is 5.32 Å². The van der Waals surface area contributed by atoms with Crippen molar-refractivity contribution in [2.75, 3.05) is 19.7 Å². The van der Waals surface area contributed by atoms with Crippen LogP contribution in [0.5, 0.6) is 0 Å². The van der Waals surface area contributed by atoms with E-state index < -0.39 is 23.5 Å². The monoisotopic (exact) mass is 334 g/mol. The van der Waals surface area contributed by atoms with Crippen molar-refractivity contribution in [2.24, 2.45) is 0 Å². The fourth-order valence-electron chi connectivity index (χ4n) is 2.36. The van der Waals surface area contributed by atoms with Crippen LogP contribution in [0.1, 0.15) is 24.0 Å². The van der Waals surface area contributed by atoms with Gasteiger partial charge in [0.15, 0.2) is 0 Å². The minimum Gasteiger partial charge on any atom is -0.395 e. The standard InChI is InChI=1S/C15H18F4N2O2/c16-11-2-1-10(13(7-11)15(17,18)19)8-20-14(23)9-21(5-6-22)12-3-4-12/h1-2,7,12,22H,3-6,8-9H2,(H,20,23). The number of alkyl halides is 3. The minimum absolute atomic E-state index is 0.0216. The van der Waals surface area contributed by atoms with Gasteiger partial charge in [0, 0.05) is 19.1 Å². The Labute approximate surface area is 131 Å². The van der Waals surface area contributed by atoms with Crippen molar-refractivity contribution in [1.82, 2.24) is 10.2 Å². The molecule has 0 bridgehead atoms. The highest BCUT2D eigenvalue weighted by atomic mass is 19.4. The molecule has 0 atom stereocenters. The third kappa shape index (κ3) is 5.18. The zero-order valence-corrected chi connectivity index (χ0v) is 12.4. The molecule has 128 valence electrons. The van der Waals surface area contributed by atoms with Crippen molar-refractivity contribution >= 4 is 5.91 Å². The van der Waals surface area contributed by atoms with E-state index in [1.54, 1.807) is 4.90 Å². The molecule has 1 amide bonds. The van der Waals surface area contributed by atoms with E-state index in [4.69, 9.17) is 5.11 Å². The van der Waals surface area contributed by atoms with Crippen molar-refractivity contribution < 1.29 is 27.5 Å². The molecular weight excluding hydrogens is 316 g/mol. The summed E-state index contributed by atoms with van der Waals surface area (Å²) in [5, 5.41) is 11.4. The van der Waals surface area contributed by atoms with Crippen LogP contribution in [0.25, 0.3) is 0 Å². The van der Waals surface area contributed by atoms with Gasteiger partial charge in [-0.05, 0) is 30.5 Å². The SMILES string of the molecule is O=C(CN(CCO)C1CC1)NCc1ccc(F)cc1C(F)(F)F. The van der Waals surface area contributed by atoms with E-state index >= 15 is 0 Å². The second kappa shape index (κ2) is 7.27. The van der Waals surface area contributed by atoms with E-state index in [1.165, 1.54) is 0 Å². The highest BCUT2D eigenvalue weighted by Gasteiger charge is 2.34. The van der Waals surface area contributed by atoms with Crippen LogP contribution >= 0.6 is 0 Å². The largest absolute Gasteiger partial charge is 0.416 e. The zero-order valence-electron chi connectivity index (χ0n) is 12.4. The Morgan fingerprint density at radius 2 is 2.04 bits per heavy atom. The maximum Gasteiger partial charge on any atom is 0.416 e. The van der Waals surface area contributed by atoms with Gasteiger partial charge in [0.05, 0.1) is 18.7 Å². The first-order valence-corrected chi connectivity index (χ1v) is 7.28. The van der Waals surface area contributed by atoms with Crippen molar-refractivity contribution in [1.29, 1.82) is 0 Å². The summed E-state index contributed by atoms with van der Waals surface area (Å²) in [6.45, 7) is -0.0399. The number of hydrogen-bond donors (Lipinski definition) is 2. The highest BCUT2D eigenvalue weighted by Crippen LogP contribution is 2.32. The van der Waals surface area contributed by atoms with E-state index in [-0.39, 0.29) is 31.3 Å². The summed E-state index contributed by atoms with van der Waals surface area (Å²) >= 11 is 0. The van der Waals surface area contributed by atoms with Crippen LogP contribution in [0.15, 0.2) is 18.2 Å². The zero-order chi connectivity index (χ0) is 17.0. The Morgan fingerprint density at radius 3 is 2.61 bits per heavy atom. The Kier molecular flexibility index (Phi) is 5.59. The Hall–Kier alpha value is -1.67. The first-order chi connectivity index (χ1) is 10.8. The van der Waals surface area contributed by atoms with Gasteiger partial charge >= 0.3 is 6.18 Å². The van der Waals surface area contributed by atoms with Gasteiger partial charge in [-0.25, -0.2) is 4.39 Å². The number of aliphatic hydroxyl groups excluding tert-OH is 1. The molecule has 8 heteroatoms. The number of nitrogens with zero attached hydrogens (tertiary/aromatic N) is 1. The van der Waals surface area contributed by atoms with Gasteiger partial charge in [0.1, 0.15) is 5.82 Å². The summed E-state index contributed by atoms with van der Waals surface area (Å²) in [5.74, 6) is -1.40. The summed E-state index contributed by atoms with van der Waals surface area (Å²) in [4.78, 5) is 13.7. The first-order valence-electron chi connectivity index (χ1n) is 7.28. The third-order valence-corrected chi connectivity index (χ3v) is 3.65. The third-order valence-electron chi connectivity index (χ3n) is 3.65. The second-order valence-electron chi connectivity index (χ2n) is 5.50. The maximum atomic E-state index is 13.0. The molecule has 0 heterocycles. The number of hydrogen-bond acceptors (Lipinski definition) is 3. The van der Waals surface area contributed by atoms with Gasteiger partial charge in [-0.2, -0.15) is 13.2 Å². The molecule has 1 aromatic rings. The van der Waals surface area contributed by atoms with Gasteiger partial charge in [-0.15, -0.1) is 0 Å². The average Bonchev–Trinajstić information content (AvgIpc) is 3.29. The highest BCUT2D eigenvalue weighted by molar-refractivity contribution is 5.78. The number of aliphatic hydroxyl groups is 1. The molecule has 0 radical (unpaired) electrons. The van der Waals surface area contributed by atoms with Crippen LogP contribution in [0, 0.1) is 5.82 Å². The Bertz CT molecular complexity index is 559. The van der Waals surface area contributed by atoms with Crippen LogP contribution in [0.3, 0.4) is 0 Å². The van der Waals surface area contributed by atoms with E-state index in [9.17, 15) is 22.4 Å². The van der Waals surface area contributed by atoms with Crippen LogP contribution in [0.2, 0.25) is 0 Å². The van der Waals surface area contributed by atoms with Gasteiger partial charge in [-0.3, -0.25) is 9.69 Å². The Balaban J connectivity index is 1.96. The number of rotatable bonds is 7. The van der Waals surface area contributed by atoms with Gasteiger partial charge in [-0.1, -0.05) is 6.07 Å². The molecule has 23 heavy (non-hydrogen) atoms. The fourth-order valence-corrected chi connectivity index (χ4v) is 2.36. The number of halogens is 4. The smallest absolute Gasteiger partial charge is 0.395 e. The summed E-state index contributed by atoms with van der Waals surface area (Å²) in [7, 11) is 0. The van der Waals surface area contributed by atoms with E-state index in [0.29, 0.717) is 12.6 Å². The molecule has 1 aromatic carbocycles. The lowest BCUT2D eigenvalue weighted by atomic mass is 10.1. The molecule has 0 aliphatic heterocycles. The normalized spacial score (nSPS) is 15.0. The molecule has 2 rings (SSSR count). The Morgan fingerprint density at radius 1 is 1.35 bits per heavy atom. The van der Waals surface area contributed by atoms with Crippen molar-refractivity contribution in [3.63, 3.8) is 0 Å². The quantitative estimate of drug-likeness (QED) is 0.749. The number of carbonyl (C=O) groups is 1. The predicted molar refractivity (Wildman–Crippen MR) is 74.9 cm³/mol. The number of benzene rings is 1. The first kappa shape index (κ1) is 17.7. The number of carbonyl (C=O) groups excluding carboxylic acids is 1. The molecule has 0 saturated heterocycles. The molecule has 1 saturated carbocycles. The summed E-state index contributed by atoms with van der Waals surface area (Å²) in [6, 6.07) is 2.62. The minimum atomic E-state index is -4.68.